The van der Waals surface area contributed by atoms with Crippen LogP contribution in [0.2, 0.25) is 5.02 Å². The Kier molecular flexibility index (Phi) is 5.79. The van der Waals surface area contributed by atoms with Gasteiger partial charge < -0.3 is 5.32 Å². The maximum Gasteiger partial charge on any atom is 0.417 e. The minimum atomic E-state index is -4.72. The fraction of sp³-hybridized carbons (Fsp3) is 0.136. The first-order valence-electron chi connectivity index (χ1n) is 9.46. The Bertz CT molecular complexity index is 1350. The number of carbonyl (C=O) groups excluding carboxylic acids is 1. The normalized spacial score (nSPS) is 11.9. The zero-order chi connectivity index (χ0) is 23.9. The third-order valence-corrected chi connectivity index (χ3v) is 5.17. The van der Waals surface area contributed by atoms with E-state index in [0.29, 0.717) is 11.6 Å². The predicted octanol–water partition coefficient (Wildman–Crippen LogP) is 6.57. The van der Waals surface area contributed by atoms with Crippen LogP contribution in [0.3, 0.4) is 0 Å². The highest BCUT2D eigenvalue weighted by Crippen LogP contribution is 2.36. The molecule has 0 saturated heterocycles. The van der Waals surface area contributed by atoms with Gasteiger partial charge in [0.05, 0.1) is 22.5 Å². The smallest absolute Gasteiger partial charge is 0.322 e. The number of anilines is 1. The van der Waals surface area contributed by atoms with E-state index in [1.807, 2.05) is 6.92 Å². The van der Waals surface area contributed by atoms with Crippen LogP contribution in [0.15, 0.2) is 54.7 Å². The zero-order valence-electron chi connectivity index (χ0n) is 16.8. The summed E-state index contributed by atoms with van der Waals surface area (Å²) < 4.78 is 67.6. The number of amides is 1. The van der Waals surface area contributed by atoms with Crippen LogP contribution in [-0.4, -0.2) is 20.5 Å². The van der Waals surface area contributed by atoms with Gasteiger partial charge in [0.1, 0.15) is 11.3 Å². The molecule has 0 unspecified atom stereocenters. The topological polar surface area (TPSA) is 59.3 Å². The number of nitrogens with one attached hydrogen (secondary N) is 1. The molecule has 2 heterocycles. The summed E-state index contributed by atoms with van der Waals surface area (Å²) in [7, 11) is 0. The summed E-state index contributed by atoms with van der Waals surface area (Å²) in [6.07, 6.45) is -6.61. The van der Waals surface area contributed by atoms with Gasteiger partial charge in [-0.15, -0.1) is 0 Å². The minimum absolute atomic E-state index is 0.161. The van der Waals surface area contributed by atoms with Gasteiger partial charge in [-0.2, -0.15) is 18.3 Å². The third-order valence-electron chi connectivity index (χ3n) is 4.84. The molecule has 0 spiro atoms. The minimum Gasteiger partial charge on any atom is -0.322 e. The van der Waals surface area contributed by atoms with Crippen LogP contribution in [0.25, 0.3) is 16.9 Å². The van der Waals surface area contributed by atoms with Gasteiger partial charge in [0.25, 0.3) is 12.3 Å². The molecule has 170 valence electrons. The lowest BCUT2D eigenvalue weighted by atomic mass is 10.1. The van der Waals surface area contributed by atoms with Gasteiger partial charge >= 0.3 is 6.18 Å². The molecular formula is C22H14ClF5N4O. The molecule has 0 aliphatic heterocycles. The number of nitrogens with zero attached hydrogens (tertiary/aromatic N) is 3. The molecule has 1 N–H and O–H groups in total. The van der Waals surface area contributed by atoms with Crippen LogP contribution in [0.5, 0.6) is 0 Å². The molecule has 5 nitrogen and oxygen atoms in total. The van der Waals surface area contributed by atoms with Gasteiger partial charge in [-0.05, 0) is 31.2 Å². The number of halogens is 6. The van der Waals surface area contributed by atoms with E-state index in [9.17, 15) is 26.7 Å². The number of hydrogen-bond donors (Lipinski definition) is 1. The van der Waals surface area contributed by atoms with Crippen molar-refractivity contribution in [2.24, 2.45) is 0 Å². The monoisotopic (exact) mass is 480 g/mol. The van der Waals surface area contributed by atoms with Crippen LogP contribution in [0, 0.1) is 6.92 Å². The van der Waals surface area contributed by atoms with E-state index < -0.39 is 34.8 Å². The fourth-order valence-electron chi connectivity index (χ4n) is 3.19. The van der Waals surface area contributed by atoms with Crippen LogP contribution in [-0.2, 0) is 6.18 Å². The number of rotatable bonds is 4. The summed E-state index contributed by atoms with van der Waals surface area (Å²) in [5, 5.41) is 5.62. The molecule has 0 saturated carbocycles. The lowest BCUT2D eigenvalue weighted by Gasteiger charge is -2.12. The second kappa shape index (κ2) is 8.43. The molecule has 4 rings (SSSR count). The molecule has 2 aromatic carbocycles. The summed E-state index contributed by atoms with van der Waals surface area (Å²) in [5.74, 6) is -0.866. The molecule has 0 radical (unpaired) electrons. The SMILES string of the molecule is Cc1ccc(-c2cc(C(F)F)n3ncc(C(=O)Nc4ccc(Cl)c(C(F)(F)F)c4)c3n2)cc1. The van der Waals surface area contributed by atoms with Gasteiger partial charge in [0.2, 0.25) is 0 Å². The van der Waals surface area contributed by atoms with E-state index >= 15 is 0 Å². The van der Waals surface area contributed by atoms with E-state index in [2.05, 4.69) is 15.4 Å². The Labute approximate surface area is 188 Å². The quantitative estimate of drug-likeness (QED) is 0.336. The van der Waals surface area contributed by atoms with E-state index in [0.717, 1.165) is 22.3 Å². The van der Waals surface area contributed by atoms with Gasteiger partial charge in [0, 0.05) is 11.3 Å². The first-order chi connectivity index (χ1) is 15.5. The average molecular weight is 481 g/mol. The van der Waals surface area contributed by atoms with Crippen molar-refractivity contribution in [2.45, 2.75) is 19.5 Å². The van der Waals surface area contributed by atoms with Gasteiger partial charge in [0.15, 0.2) is 5.65 Å². The van der Waals surface area contributed by atoms with E-state index in [1.54, 1.807) is 24.3 Å². The second-order valence-electron chi connectivity index (χ2n) is 7.17. The van der Waals surface area contributed by atoms with E-state index in [-0.39, 0.29) is 22.6 Å². The number of hydrogen-bond acceptors (Lipinski definition) is 3. The molecule has 0 fully saturated rings. The number of aromatic nitrogens is 3. The molecule has 0 atom stereocenters. The van der Waals surface area contributed by atoms with Crippen LogP contribution >= 0.6 is 11.6 Å². The maximum atomic E-state index is 13.7. The lowest BCUT2D eigenvalue weighted by molar-refractivity contribution is -0.137. The van der Waals surface area contributed by atoms with Crippen LogP contribution in [0.1, 0.15) is 33.6 Å². The van der Waals surface area contributed by atoms with Crippen molar-refractivity contribution >= 4 is 28.8 Å². The molecule has 2 aromatic heterocycles. The number of carbonyl (C=O) groups is 1. The van der Waals surface area contributed by atoms with Crippen molar-refractivity contribution in [1.29, 1.82) is 0 Å². The highest BCUT2D eigenvalue weighted by Gasteiger charge is 2.33. The Hall–Kier alpha value is -3.53. The summed E-state index contributed by atoms with van der Waals surface area (Å²) in [6, 6.07) is 11.0. The largest absolute Gasteiger partial charge is 0.417 e. The highest BCUT2D eigenvalue weighted by atomic mass is 35.5. The van der Waals surface area contributed by atoms with Gasteiger partial charge in [-0.25, -0.2) is 18.3 Å². The maximum absolute atomic E-state index is 13.7. The molecule has 11 heteroatoms. The Morgan fingerprint density at radius 1 is 1.09 bits per heavy atom. The Balaban J connectivity index is 1.77. The third kappa shape index (κ3) is 4.51. The molecule has 4 aromatic rings. The molecule has 0 aliphatic carbocycles. The lowest BCUT2D eigenvalue weighted by Crippen LogP contribution is -2.14. The Morgan fingerprint density at radius 2 is 1.79 bits per heavy atom. The second-order valence-corrected chi connectivity index (χ2v) is 7.58. The summed E-state index contributed by atoms with van der Waals surface area (Å²) in [6.45, 7) is 1.87. The van der Waals surface area contributed by atoms with Crippen LogP contribution < -0.4 is 5.32 Å². The predicted molar refractivity (Wildman–Crippen MR) is 113 cm³/mol. The van der Waals surface area contributed by atoms with Crippen molar-refractivity contribution < 1.29 is 26.7 Å². The summed E-state index contributed by atoms with van der Waals surface area (Å²) >= 11 is 5.60. The van der Waals surface area contributed by atoms with Crippen molar-refractivity contribution in [2.75, 3.05) is 5.32 Å². The molecule has 0 bridgehead atoms. The van der Waals surface area contributed by atoms with Crippen molar-refractivity contribution in [3.8, 4) is 11.3 Å². The van der Waals surface area contributed by atoms with E-state index in [1.165, 1.54) is 12.1 Å². The van der Waals surface area contributed by atoms with Gasteiger partial charge in [-0.3, -0.25) is 4.79 Å². The number of benzene rings is 2. The van der Waals surface area contributed by atoms with E-state index in [4.69, 9.17) is 11.6 Å². The molecule has 1 amide bonds. The first-order valence-corrected chi connectivity index (χ1v) is 9.84. The van der Waals surface area contributed by atoms with Gasteiger partial charge in [-0.1, -0.05) is 41.4 Å². The summed E-state index contributed by atoms with van der Waals surface area (Å²) in [5.41, 5.74) is -0.440. The Morgan fingerprint density at radius 3 is 2.42 bits per heavy atom. The average Bonchev–Trinajstić information content (AvgIpc) is 3.18. The number of aryl methyl sites for hydroxylation is 1. The molecule has 33 heavy (non-hydrogen) atoms. The number of alkyl halides is 5. The van der Waals surface area contributed by atoms with Crippen LogP contribution in [0.4, 0.5) is 27.6 Å². The molecular weight excluding hydrogens is 467 g/mol. The highest BCUT2D eigenvalue weighted by molar-refractivity contribution is 6.31. The van der Waals surface area contributed by atoms with Crippen molar-refractivity contribution in [1.82, 2.24) is 14.6 Å². The van der Waals surface area contributed by atoms with Crippen molar-refractivity contribution in [3.63, 3.8) is 0 Å². The fourth-order valence-corrected chi connectivity index (χ4v) is 3.42. The summed E-state index contributed by atoms with van der Waals surface area (Å²) in [4.78, 5) is 17.1. The standard InChI is InChI=1S/C22H14ClF5N4O/c1-11-2-4-12(5-3-11)17-9-18(19(24)25)32-20(31-17)14(10-29-32)21(33)30-13-6-7-16(23)15(8-13)22(26,27)28/h2-10,19H,1H3,(H,30,33). The zero-order valence-corrected chi connectivity index (χ0v) is 17.5. The number of fused-ring (bicyclic) bond motifs is 1. The van der Waals surface area contributed by atoms with Crippen molar-refractivity contribution in [3.05, 3.63) is 82.1 Å². The first kappa shape index (κ1) is 22.7. The molecule has 0 aliphatic rings.